The zero-order chi connectivity index (χ0) is 20.8. The lowest BCUT2D eigenvalue weighted by Crippen LogP contribution is -2.58. The molecular formula is C21H21N5O3. The molecule has 29 heavy (non-hydrogen) atoms. The van der Waals surface area contributed by atoms with E-state index in [0.29, 0.717) is 17.2 Å². The Morgan fingerprint density at radius 3 is 2.62 bits per heavy atom. The molecule has 1 aromatic carbocycles. The third-order valence-corrected chi connectivity index (χ3v) is 5.39. The molecule has 0 aliphatic carbocycles. The van der Waals surface area contributed by atoms with Gasteiger partial charge in [0.05, 0.1) is 17.8 Å². The number of allylic oxidation sites excluding steroid dienone is 2. The number of fused-ring (bicyclic) bond motifs is 1. The van der Waals surface area contributed by atoms with Gasteiger partial charge in [-0.3, -0.25) is 19.1 Å². The van der Waals surface area contributed by atoms with Crippen molar-refractivity contribution in [2.24, 2.45) is 12.0 Å². The molecule has 0 bridgehead atoms. The maximum Gasteiger partial charge on any atom is 0.295 e. The average Bonchev–Trinajstić information content (AvgIpc) is 2.91. The molecule has 2 amide bonds. The van der Waals surface area contributed by atoms with E-state index in [-0.39, 0.29) is 23.6 Å². The molecule has 1 atom stereocenters. The van der Waals surface area contributed by atoms with Gasteiger partial charge in [-0.25, -0.2) is 4.68 Å². The quantitative estimate of drug-likeness (QED) is 0.866. The molecule has 8 nitrogen and oxygen atoms in total. The number of carbonyl (C=O) groups excluding carboxylic acids is 2. The first kappa shape index (κ1) is 18.7. The van der Waals surface area contributed by atoms with Crippen LogP contribution in [-0.2, 0) is 16.6 Å². The molecule has 8 heteroatoms. The predicted octanol–water partition coefficient (Wildman–Crippen LogP) is 1.90. The van der Waals surface area contributed by atoms with Crippen LogP contribution >= 0.6 is 0 Å². The van der Waals surface area contributed by atoms with Gasteiger partial charge in [0.1, 0.15) is 17.1 Å². The summed E-state index contributed by atoms with van der Waals surface area (Å²) in [6.07, 6.45) is 6.84. The highest BCUT2D eigenvalue weighted by atomic mass is 16.2. The van der Waals surface area contributed by atoms with Crippen molar-refractivity contribution < 1.29 is 9.59 Å². The number of hydrogen-bond donors (Lipinski definition) is 1. The zero-order valence-electron chi connectivity index (χ0n) is 16.4. The first-order valence-electron chi connectivity index (χ1n) is 9.24. The summed E-state index contributed by atoms with van der Waals surface area (Å²) in [6.45, 7) is 3.44. The minimum Gasteiger partial charge on any atom is -0.318 e. The maximum atomic E-state index is 13.3. The molecular weight excluding hydrogens is 370 g/mol. The number of benzene rings is 1. The van der Waals surface area contributed by atoms with Crippen molar-refractivity contribution in [2.45, 2.75) is 25.8 Å². The van der Waals surface area contributed by atoms with Crippen molar-refractivity contribution in [1.82, 2.24) is 14.3 Å². The van der Waals surface area contributed by atoms with E-state index in [9.17, 15) is 14.4 Å². The third-order valence-electron chi connectivity index (χ3n) is 5.39. The van der Waals surface area contributed by atoms with Crippen molar-refractivity contribution >= 4 is 23.3 Å². The van der Waals surface area contributed by atoms with Gasteiger partial charge in [-0.1, -0.05) is 24.3 Å². The number of para-hydroxylation sites is 1. The van der Waals surface area contributed by atoms with Gasteiger partial charge in [-0.05, 0) is 38.1 Å². The van der Waals surface area contributed by atoms with E-state index < -0.39 is 11.4 Å². The van der Waals surface area contributed by atoms with E-state index in [1.54, 1.807) is 54.9 Å². The summed E-state index contributed by atoms with van der Waals surface area (Å²) in [5.41, 5.74) is -0.0298. The summed E-state index contributed by atoms with van der Waals surface area (Å²) < 4.78 is 3.19. The molecule has 1 unspecified atom stereocenters. The van der Waals surface area contributed by atoms with Crippen LogP contribution in [0.15, 0.2) is 64.5 Å². The highest BCUT2D eigenvalue weighted by Gasteiger charge is 2.45. The number of carbonyl (C=O) groups is 2. The van der Waals surface area contributed by atoms with Crippen molar-refractivity contribution in [3.8, 4) is 5.69 Å². The summed E-state index contributed by atoms with van der Waals surface area (Å²) in [7, 11) is 1.76. The van der Waals surface area contributed by atoms with Crippen LogP contribution in [0.4, 0.5) is 5.69 Å². The monoisotopic (exact) mass is 391 g/mol. The van der Waals surface area contributed by atoms with Gasteiger partial charge >= 0.3 is 0 Å². The van der Waals surface area contributed by atoms with E-state index >= 15 is 0 Å². The molecule has 0 radical (unpaired) electrons. The van der Waals surface area contributed by atoms with Gasteiger partial charge in [0.2, 0.25) is 0 Å². The van der Waals surface area contributed by atoms with Crippen LogP contribution in [0.3, 0.4) is 0 Å². The lowest BCUT2D eigenvalue weighted by atomic mass is 9.91. The highest BCUT2D eigenvalue weighted by Crippen LogP contribution is 2.29. The smallest absolute Gasteiger partial charge is 0.295 e. The van der Waals surface area contributed by atoms with Crippen LogP contribution in [0.25, 0.3) is 5.69 Å². The summed E-state index contributed by atoms with van der Waals surface area (Å²) in [6, 6.07) is 9.19. The third kappa shape index (κ3) is 2.93. The van der Waals surface area contributed by atoms with Crippen LogP contribution in [0, 0.1) is 6.92 Å². The Morgan fingerprint density at radius 2 is 1.90 bits per heavy atom. The molecule has 2 aliphatic heterocycles. The average molecular weight is 391 g/mol. The zero-order valence-corrected chi connectivity index (χ0v) is 16.4. The molecule has 1 N–H and O–H groups in total. The Bertz CT molecular complexity index is 1150. The molecule has 148 valence electrons. The summed E-state index contributed by atoms with van der Waals surface area (Å²) >= 11 is 0. The minimum absolute atomic E-state index is 0.0841. The fourth-order valence-electron chi connectivity index (χ4n) is 3.64. The normalized spacial score (nSPS) is 20.4. The fourth-order valence-corrected chi connectivity index (χ4v) is 3.64. The molecule has 0 saturated heterocycles. The van der Waals surface area contributed by atoms with E-state index in [1.807, 2.05) is 30.3 Å². The molecule has 2 aliphatic rings. The molecule has 0 fully saturated rings. The topological polar surface area (TPSA) is 88.7 Å². The lowest BCUT2D eigenvalue weighted by molar-refractivity contribution is -0.130. The largest absolute Gasteiger partial charge is 0.318 e. The molecule has 0 spiro atoms. The van der Waals surface area contributed by atoms with Crippen molar-refractivity contribution in [2.75, 3.05) is 5.32 Å². The number of hydrogen-bond acceptors (Lipinski definition) is 4. The molecule has 4 rings (SSSR count). The van der Waals surface area contributed by atoms with Gasteiger partial charge in [-0.2, -0.15) is 4.99 Å². The molecule has 1 aromatic heterocycles. The van der Waals surface area contributed by atoms with Crippen LogP contribution in [-0.4, -0.2) is 37.5 Å². The van der Waals surface area contributed by atoms with E-state index in [4.69, 9.17) is 0 Å². The number of aromatic nitrogens is 2. The predicted molar refractivity (Wildman–Crippen MR) is 110 cm³/mol. The first-order chi connectivity index (χ1) is 13.8. The summed E-state index contributed by atoms with van der Waals surface area (Å²) in [4.78, 5) is 44.2. The van der Waals surface area contributed by atoms with Crippen LogP contribution in [0.5, 0.6) is 0 Å². The second-order valence-corrected chi connectivity index (χ2v) is 7.28. The fraction of sp³-hybridized carbons (Fsp3) is 0.238. The van der Waals surface area contributed by atoms with Gasteiger partial charge < -0.3 is 10.2 Å². The number of nitrogens with zero attached hydrogens (tertiary/aromatic N) is 4. The van der Waals surface area contributed by atoms with Crippen molar-refractivity contribution in [1.29, 1.82) is 0 Å². The van der Waals surface area contributed by atoms with Gasteiger partial charge in [-0.15, -0.1) is 0 Å². The van der Waals surface area contributed by atoms with Crippen LogP contribution < -0.4 is 10.9 Å². The Balaban J connectivity index is 1.72. The number of aliphatic imine (C=N–C) groups is 1. The van der Waals surface area contributed by atoms with Gasteiger partial charge in [0.25, 0.3) is 17.4 Å². The number of amides is 2. The number of amidine groups is 1. The standard InChI is InChI=1S/C21H21N5O3/c1-14-18(19(28)26(24(14)3)15-9-5-4-6-10-15)23-20(29)21(2)13-17(27)22-16-11-7-8-12-25(16)21/h4-12H,13H2,1-3H3,(H,23,29). The second kappa shape index (κ2) is 6.73. The van der Waals surface area contributed by atoms with E-state index in [1.165, 1.54) is 4.68 Å². The number of nitrogens with one attached hydrogen (secondary N) is 1. The first-order valence-corrected chi connectivity index (χ1v) is 9.24. The molecule has 2 aromatic rings. The number of anilines is 1. The van der Waals surface area contributed by atoms with E-state index in [2.05, 4.69) is 10.3 Å². The Hall–Kier alpha value is -3.68. The van der Waals surface area contributed by atoms with Crippen molar-refractivity contribution in [3.05, 3.63) is 70.8 Å². The van der Waals surface area contributed by atoms with E-state index in [0.717, 1.165) is 0 Å². The minimum atomic E-state index is -1.19. The lowest BCUT2D eigenvalue weighted by Gasteiger charge is -2.41. The SMILES string of the molecule is Cc1c(NC(=O)C2(C)CC(=O)N=C3C=CC=CN32)c(=O)n(-c2ccccc2)n1C. The molecule has 3 heterocycles. The summed E-state index contributed by atoms with van der Waals surface area (Å²) in [5, 5.41) is 2.77. The van der Waals surface area contributed by atoms with Crippen molar-refractivity contribution in [3.63, 3.8) is 0 Å². The Morgan fingerprint density at radius 1 is 1.17 bits per heavy atom. The Labute approximate surface area is 167 Å². The highest BCUT2D eigenvalue weighted by molar-refractivity contribution is 6.12. The summed E-state index contributed by atoms with van der Waals surface area (Å²) in [5.74, 6) is -0.405. The van der Waals surface area contributed by atoms with Gasteiger partial charge in [0, 0.05) is 13.2 Å². The van der Waals surface area contributed by atoms with Crippen LogP contribution in [0.1, 0.15) is 19.0 Å². The van der Waals surface area contributed by atoms with Gasteiger partial charge in [0.15, 0.2) is 0 Å². The van der Waals surface area contributed by atoms with Crippen LogP contribution in [0.2, 0.25) is 0 Å². The molecule has 0 saturated carbocycles. The Kier molecular flexibility index (Phi) is 4.34. The maximum absolute atomic E-state index is 13.3. The number of rotatable bonds is 3. The second-order valence-electron chi connectivity index (χ2n) is 7.28.